The van der Waals surface area contributed by atoms with Gasteiger partial charge in [0.1, 0.15) is 0 Å². The van der Waals surface area contributed by atoms with Crippen molar-refractivity contribution >= 4 is 29.0 Å². The molecule has 2 aromatic rings. The molecule has 0 bridgehead atoms. The zero-order chi connectivity index (χ0) is 22.7. The number of carbonyl (C=O) groups is 1. The number of methoxy groups -OCH3 is 1. The van der Waals surface area contributed by atoms with Gasteiger partial charge in [-0.2, -0.15) is 0 Å². The van der Waals surface area contributed by atoms with E-state index in [1.807, 2.05) is 0 Å². The lowest BCUT2D eigenvalue weighted by Gasteiger charge is -2.27. The van der Waals surface area contributed by atoms with Crippen molar-refractivity contribution in [2.24, 2.45) is 0 Å². The monoisotopic (exact) mass is 456 g/mol. The van der Waals surface area contributed by atoms with Crippen LogP contribution in [0.1, 0.15) is 47.6 Å². The number of benzene rings is 1. The number of aliphatic hydroxyl groups is 1. The van der Waals surface area contributed by atoms with Crippen LogP contribution < -0.4 is 15.4 Å². The van der Waals surface area contributed by atoms with Crippen LogP contribution in [-0.2, 0) is 40.8 Å². The molecule has 0 radical (unpaired) electrons. The summed E-state index contributed by atoms with van der Waals surface area (Å²) in [6, 6.07) is 2.49. The lowest BCUT2D eigenvalue weighted by molar-refractivity contribution is -0.165. The zero-order valence-corrected chi connectivity index (χ0v) is 19.2. The third kappa shape index (κ3) is 4.27. The number of aromatic nitrogens is 2. The quantitative estimate of drug-likeness (QED) is 0.427. The maximum absolute atomic E-state index is 12.6. The summed E-state index contributed by atoms with van der Waals surface area (Å²) in [5.41, 5.74) is 4.74. The van der Waals surface area contributed by atoms with Gasteiger partial charge < -0.3 is 25.2 Å². The molecule has 0 saturated carbocycles. The van der Waals surface area contributed by atoms with Crippen molar-refractivity contribution < 1.29 is 19.4 Å². The first-order valence-electron chi connectivity index (χ1n) is 10.9. The molecule has 3 N–H and O–H groups in total. The number of anilines is 1. The minimum absolute atomic E-state index is 0.128. The van der Waals surface area contributed by atoms with Gasteiger partial charge in [-0.15, -0.1) is 0 Å². The minimum atomic E-state index is -2.01. The van der Waals surface area contributed by atoms with E-state index >= 15 is 0 Å². The summed E-state index contributed by atoms with van der Waals surface area (Å²) in [7, 11) is 1.44. The van der Waals surface area contributed by atoms with Crippen molar-refractivity contribution in [3.05, 3.63) is 46.3 Å². The molecule has 32 heavy (non-hydrogen) atoms. The molecule has 170 valence electrons. The zero-order valence-electron chi connectivity index (χ0n) is 18.4. The Kier molecular flexibility index (Phi) is 6.57. The predicted octanol–water partition coefficient (Wildman–Crippen LogP) is 2.20. The molecule has 1 atom stereocenters. The second-order valence-electron chi connectivity index (χ2n) is 8.08. The van der Waals surface area contributed by atoms with Gasteiger partial charge in [-0.1, -0.05) is 6.07 Å². The van der Waals surface area contributed by atoms with E-state index in [0.29, 0.717) is 5.11 Å². The summed E-state index contributed by atoms with van der Waals surface area (Å²) >= 11 is 5.55. The summed E-state index contributed by atoms with van der Waals surface area (Å²) in [4.78, 5) is 20.6. The van der Waals surface area contributed by atoms with E-state index in [4.69, 9.17) is 21.7 Å². The molecule has 1 unspecified atom stereocenters. The number of nitrogens with one attached hydrogen (secondary N) is 2. The summed E-state index contributed by atoms with van der Waals surface area (Å²) in [5.74, 6) is -0.800. The van der Waals surface area contributed by atoms with E-state index < -0.39 is 11.6 Å². The normalized spacial score (nSPS) is 16.0. The highest BCUT2D eigenvalue weighted by Crippen LogP contribution is 2.38. The Morgan fingerprint density at radius 1 is 1.16 bits per heavy atom. The van der Waals surface area contributed by atoms with Gasteiger partial charge >= 0.3 is 12.0 Å². The highest BCUT2D eigenvalue weighted by molar-refractivity contribution is 7.80. The smallest absolute Gasteiger partial charge is 0.344 e. The van der Waals surface area contributed by atoms with Crippen LogP contribution in [0.4, 0.5) is 5.69 Å². The van der Waals surface area contributed by atoms with Crippen LogP contribution in [0.2, 0.25) is 0 Å². The number of hydrogen-bond acceptors (Lipinski definition) is 7. The number of hydrogen-bond donors (Lipinski definition) is 3. The Morgan fingerprint density at radius 3 is 2.34 bits per heavy atom. The number of carbonyl (C=O) groups excluding carboxylic acids is 1. The van der Waals surface area contributed by atoms with Gasteiger partial charge in [-0.25, -0.2) is 14.8 Å². The molecular weight excluding hydrogens is 428 g/mol. The molecule has 1 aromatic carbocycles. The fraction of sp³-hybridized carbons (Fsp3) is 0.478. The number of esters is 1. The van der Waals surface area contributed by atoms with Crippen molar-refractivity contribution in [2.45, 2.75) is 51.0 Å². The molecule has 0 aliphatic heterocycles. The second kappa shape index (κ2) is 9.38. The Bertz CT molecular complexity index is 995. The highest BCUT2D eigenvalue weighted by atomic mass is 32.1. The number of fused-ring (bicyclic) bond motifs is 2. The van der Waals surface area contributed by atoms with Gasteiger partial charge in [-0.05, 0) is 79.9 Å². The molecule has 0 amide bonds. The van der Waals surface area contributed by atoms with Crippen LogP contribution in [-0.4, -0.2) is 46.4 Å². The van der Waals surface area contributed by atoms with Gasteiger partial charge in [0.2, 0.25) is 5.60 Å². The molecule has 4 rings (SSSR count). The third-order valence-electron chi connectivity index (χ3n) is 6.12. The van der Waals surface area contributed by atoms with Crippen LogP contribution in [0.25, 0.3) is 0 Å². The number of rotatable bonds is 7. The lowest BCUT2D eigenvalue weighted by atomic mass is 9.96. The SMILES string of the molecule is CCOC(=O)C(O)(CNC(=S)Nc1c2c(cc3c1CCC3)CCC2)c1cnc(OC)nc1. The summed E-state index contributed by atoms with van der Waals surface area (Å²) in [5, 5.41) is 17.9. The molecule has 8 nitrogen and oxygen atoms in total. The second-order valence-corrected chi connectivity index (χ2v) is 8.49. The fourth-order valence-electron chi connectivity index (χ4n) is 4.51. The number of nitrogens with zero attached hydrogens (tertiary/aromatic N) is 2. The Labute approximate surface area is 192 Å². The Morgan fingerprint density at radius 2 is 1.78 bits per heavy atom. The molecule has 9 heteroatoms. The van der Waals surface area contributed by atoms with E-state index in [-0.39, 0.29) is 24.7 Å². The molecule has 2 aliphatic rings. The molecular formula is C23H28N4O4S. The van der Waals surface area contributed by atoms with Crippen molar-refractivity contribution in [1.29, 1.82) is 0 Å². The van der Waals surface area contributed by atoms with Crippen molar-refractivity contribution in [3.8, 4) is 6.01 Å². The van der Waals surface area contributed by atoms with Crippen LogP contribution in [0, 0.1) is 0 Å². The van der Waals surface area contributed by atoms with Gasteiger partial charge in [-0.3, -0.25) is 0 Å². The average molecular weight is 457 g/mol. The Hall–Kier alpha value is -2.78. The third-order valence-corrected chi connectivity index (χ3v) is 6.36. The van der Waals surface area contributed by atoms with Crippen LogP contribution in [0.3, 0.4) is 0 Å². The number of aryl methyl sites for hydroxylation is 2. The van der Waals surface area contributed by atoms with Crippen molar-refractivity contribution in [2.75, 3.05) is 25.6 Å². The molecule has 2 aliphatic carbocycles. The number of ether oxygens (including phenoxy) is 2. The fourth-order valence-corrected chi connectivity index (χ4v) is 4.69. The highest BCUT2D eigenvalue weighted by Gasteiger charge is 2.41. The number of thiocarbonyl (C=S) groups is 1. The largest absolute Gasteiger partial charge is 0.467 e. The standard InChI is InChI=1S/C23H28N4O4S/c1-3-31-20(28)23(29,16-11-24-21(30-2)25-12-16)13-26-22(32)27-19-17-8-4-6-14(17)10-15-7-5-9-18(15)19/h10-12,29H,3-9,13H2,1-2H3,(H2,26,27,32). The first-order chi connectivity index (χ1) is 15.5. The minimum Gasteiger partial charge on any atom is -0.467 e. The molecule has 0 fully saturated rings. The van der Waals surface area contributed by atoms with Crippen molar-refractivity contribution in [3.63, 3.8) is 0 Å². The van der Waals surface area contributed by atoms with Gasteiger partial charge in [0.05, 0.1) is 20.3 Å². The maximum Gasteiger partial charge on any atom is 0.344 e. The first kappa shape index (κ1) is 22.4. The Balaban J connectivity index is 1.53. The molecule has 0 saturated heterocycles. The van der Waals surface area contributed by atoms with Crippen LogP contribution in [0.15, 0.2) is 18.5 Å². The van der Waals surface area contributed by atoms with Crippen LogP contribution >= 0.6 is 12.2 Å². The van der Waals surface area contributed by atoms with Crippen molar-refractivity contribution in [1.82, 2.24) is 15.3 Å². The van der Waals surface area contributed by atoms with Gasteiger partial charge in [0, 0.05) is 23.6 Å². The average Bonchev–Trinajstić information content (AvgIpc) is 3.47. The summed E-state index contributed by atoms with van der Waals surface area (Å²) in [6.45, 7) is 1.62. The lowest BCUT2D eigenvalue weighted by Crippen LogP contribution is -2.48. The van der Waals surface area contributed by atoms with E-state index in [9.17, 15) is 9.90 Å². The summed E-state index contributed by atoms with van der Waals surface area (Å²) in [6.07, 6.45) is 9.23. The van der Waals surface area contributed by atoms with E-state index in [1.54, 1.807) is 6.92 Å². The topological polar surface area (TPSA) is 106 Å². The predicted molar refractivity (Wildman–Crippen MR) is 124 cm³/mol. The summed E-state index contributed by atoms with van der Waals surface area (Å²) < 4.78 is 10.1. The molecule has 1 aromatic heterocycles. The first-order valence-corrected chi connectivity index (χ1v) is 11.3. The van der Waals surface area contributed by atoms with Gasteiger partial charge in [0.15, 0.2) is 5.11 Å². The van der Waals surface area contributed by atoms with E-state index in [2.05, 4.69) is 26.7 Å². The van der Waals surface area contributed by atoms with E-state index in [1.165, 1.54) is 41.8 Å². The molecule has 0 spiro atoms. The van der Waals surface area contributed by atoms with E-state index in [0.717, 1.165) is 44.2 Å². The molecule has 1 heterocycles. The maximum atomic E-state index is 12.6. The van der Waals surface area contributed by atoms with Crippen LogP contribution in [0.5, 0.6) is 6.01 Å². The van der Waals surface area contributed by atoms with Gasteiger partial charge in [0.25, 0.3) is 0 Å².